The van der Waals surface area contributed by atoms with Crippen LogP contribution in [0, 0.1) is 5.82 Å². The summed E-state index contributed by atoms with van der Waals surface area (Å²) in [5.74, 6) is 0.834. The first-order valence-electron chi connectivity index (χ1n) is 9.63. The lowest BCUT2D eigenvalue weighted by molar-refractivity contribution is -0.113. The van der Waals surface area contributed by atoms with Gasteiger partial charge in [0.1, 0.15) is 11.6 Å². The van der Waals surface area contributed by atoms with E-state index in [1.165, 1.54) is 30.0 Å². The number of carbonyl (C=O) groups is 1. The van der Waals surface area contributed by atoms with Gasteiger partial charge in [-0.2, -0.15) is 0 Å². The molecule has 0 saturated carbocycles. The average Bonchev–Trinajstić information content (AvgIpc) is 3.18. The predicted molar refractivity (Wildman–Crippen MR) is 121 cm³/mol. The fraction of sp³-hybridized carbons (Fsp3) is 0.286. The molecule has 0 aliphatic heterocycles. The van der Waals surface area contributed by atoms with Crippen LogP contribution in [0.3, 0.4) is 0 Å². The summed E-state index contributed by atoms with van der Waals surface area (Å²) in [4.78, 5) is 12.3. The number of nitrogens with zero attached hydrogens (tertiary/aromatic N) is 3. The molecular weight excluding hydrogens is 441 g/mol. The van der Waals surface area contributed by atoms with Gasteiger partial charge in [-0.15, -0.1) is 10.2 Å². The second-order valence-electron chi connectivity index (χ2n) is 6.62. The number of carbonyl (C=O) groups excluding carboxylic acids is 1. The highest BCUT2D eigenvalue weighted by Gasteiger charge is 2.19. The molecule has 164 valence electrons. The Hall–Kier alpha value is -2.78. The fourth-order valence-corrected chi connectivity index (χ4v) is 3.98. The second-order valence-corrected chi connectivity index (χ2v) is 7.97. The molecule has 0 radical (unpaired) electrons. The molecule has 7 nitrogen and oxygen atoms in total. The average molecular weight is 464 g/mol. The maximum Gasteiger partial charge on any atom is 0.234 e. The standard InChI is InChI=1S/C21H23ClFN5O2S/c1-4-28-20(13(2)24-17-7-5-6-8-18(17)30-3)26-27-21(28)31-12-19(29)25-14-9-10-16(23)15(22)11-14/h5-11,13,24H,4,12H2,1-3H3,(H,25,29)/t13-/m0/s1. The number of benzene rings is 2. The molecule has 2 aromatic carbocycles. The van der Waals surface area contributed by atoms with E-state index in [4.69, 9.17) is 16.3 Å². The third-order valence-electron chi connectivity index (χ3n) is 4.46. The first kappa shape index (κ1) is 22.9. The first-order chi connectivity index (χ1) is 14.9. The smallest absolute Gasteiger partial charge is 0.234 e. The molecule has 1 amide bonds. The molecule has 0 aliphatic rings. The highest BCUT2D eigenvalue weighted by atomic mass is 35.5. The van der Waals surface area contributed by atoms with Crippen LogP contribution in [0.1, 0.15) is 25.7 Å². The summed E-state index contributed by atoms with van der Waals surface area (Å²) in [6, 6.07) is 11.6. The van der Waals surface area contributed by atoms with Crippen LogP contribution in [0.25, 0.3) is 0 Å². The topological polar surface area (TPSA) is 81.1 Å². The molecule has 0 spiro atoms. The van der Waals surface area contributed by atoms with E-state index in [2.05, 4.69) is 20.8 Å². The molecule has 0 bridgehead atoms. The van der Waals surface area contributed by atoms with Gasteiger partial charge in [0, 0.05) is 12.2 Å². The number of anilines is 2. The number of aromatic nitrogens is 3. The van der Waals surface area contributed by atoms with Crippen LogP contribution < -0.4 is 15.4 Å². The third kappa shape index (κ3) is 5.68. The Bertz CT molecular complexity index is 1060. The summed E-state index contributed by atoms with van der Waals surface area (Å²) < 4.78 is 20.6. The number of halogens is 2. The molecule has 3 aromatic rings. The van der Waals surface area contributed by atoms with Crippen LogP contribution in [0.5, 0.6) is 5.75 Å². The van der Waals surface area contributed by atoms with E-state index in [-0.39, 0.29) is 22.7 Å². The van der Waals surface area contributed by atoms with Gasteiger partial charge in [-0.05, 0) is 44.2 Å². The highest BCUT2D eigenvalue weighted by molar-refractivity contribution is 7.99. The molecule has 3 rings (SSSR count). The van der Waals surface area contributed by atoms with Crippen molar-refractivity contribution in [3.63, 3.8) is 0 Å². The third-order valence-corrected chi connectivity index (χ3v) is 5.72. The van der Waals surface area contributed by atoms with Crippen LogP contribution in [0.15, 0.2) is 47.6 Å². The van der Waals surface area contributed by atoms with E-state index in [9.17, 15) is 9.18 Å². The molecule has 1 heterocycles. The van der Waals surface area contributed by atoms with Crippen molar-refractivity contribution in [2.75, 3.05) is 23.5 Å². The number of nitrogens with one attached hydrogen (secondary N) is 2. The largest absolute Gasteiger partial charge is 0.495 e. The predicted octanol–water partition coefficient (Wildman–Crippen LogP) is 5.00. The second kappa shape index (κ2) is 10.5. The van der Waals surface area contributed by atoms with Gasteiger partial charge in [-0.1, -0.05) is 35.5 Å². The van der Waals surface area contributed by atoms with Crippen molar-refractivity contribution in [3.8, 4) is 5.75 Å². The molecule has 0 unspecified atom stereocenters. The Balaban J connectivity index is 1.65. The van der Waals surface area contributed by atoms with E-state index in [0.29, 0.717) is 17.4 Å². The van der Waals surface area contributed by atoms with Crippen molar-refractivity contribution in [3.05, 3.63) is 59.1 Å². The zero-order valence-corrected chi connectivity index (χ0v) is 18.9. The van der Waals surface area contributed by atoms with Crippen molar-refractivity contribution >= 4 is 40.6 Å². The van der Waals surface area contributed by atoms with Gasteiger partial charge in [-0.25, -0.2) is 4.39 Å². The van der Waals surface area contributed by atoms with Crippen LogP contribution in [0.4, 0.5) is 15.8 Å². The lowest BCUT2D eigenvalue weighted by Gasteiger charge is -2.18. The number of amides is 1. The molecule has 2 N–H and O–H groups in total. The molecule has 1 aromatic heterocycles. The van der Waals surface area contributed by atoms with Gasteiger partial charge < -0.3 is 19.9 Å². The van der Waals surface area contributed by atoms with Crippen LogP contribution >= 0.6 is 23.4 Å². The summed E-state index contributed by atoms with van der Waals surface area (Å²) in [6.45, 7) is 4.63. The summed E-state index contributed by atoms with van der Waals surface area (Å²) >= 11 is 7.03. The monoisotopic (exact) mass is 463 g/mol. The quantitative estimate of drug-likeness (QED) is 0.434. The van der Waals surface area contributed by atoms with Gasteiger partial charge >= 0.3 is 0 Å². The summed E-state index contributed by atoms with van der Waals surface area (Å²) in [6.07, 6.45) is 0. The minimum atomic E-state index is -0.534. The maximum absolute atomic E-state index is 13.3. The lowest BCUT2D eigenvalue weighted by atomic mass is 10.2. The number of para-hydroxylation sites is 2. The summed E-state index contributed by atoms with van der Waals surface area (Å²) in [7, 11) is 1.62. The Kier molecular flexibility index (Phi) is 7.75. The van der Waals surface area contributed by atoms with Gasteiger partial charge in [0.25, 0.3) is 0 Å². The summed E-state index contributed by atoms with van der Waals surface area (Å²) in [5.41, 5.74) is 1.29. The van der Waals surface area contributed by atoms with Gasteiger partial charge in [-0.3, -0.25) is 4.79 Å². The van der Waals surface area contributed by atoms with Crippen LogP contribution in [-0.4, -0.2) is 33.5 Å². The number of hydrogen-bond donors (Lipinski definition) is 2. The van der Waals surface area contributed by atoms with E-state index >= 15 is 0 Å². The molecule has 0 aliphatic carbocycles. The fourth-order valence-electron chi connectivity index (χ4n) is 2.99. The van der Waals surface area contributed by atoms with E-state index in [0.717, 1.165) is 17.3 Å². The molecule has 1 atom stereocenters. The number of thioether (sulfide) groups is 1. The van der Waals surface area contributed by atoms with E-state index < -0.39 is 5.82 Å². The molecule has 31 heavy (non-hydrogen) atoms. The number of hydrogen-bond acceptors (Lipinski definition) is 6. The number of ether oxygens (including phenoxy) is 1. The lowest BCUT2D eigenvalue weighted by Crippen LogP contribution is -2.16. The Morgan fingerprint density at radius 1 is 1.29 bits per heavy atom. The van der Waals surface area contributed by atoms with Crippen molar-refractivity contribution < 1.29 is 13.9 Å². The number of methoxy groups -OCH3 is 1. The van der Waals surface area contributed by atoms with Crippen molar-refractivity contribution in [1.82, 2.24) is 14.8 Å². The van der Waals surface area contributed by atoms with Crippen molar-refractivity contribution in [1.29, 1.82) is 0 Å². The molecule has 0 saturated heterocycles. The minimum Gasteiger partial charge on any atom is -0.495 e. The minimum absolute atomic E-state index is 0.0441. The zero-order valence-electron chi connectivity index (χ0n) is 17.4. The summed E-state index contributed by atoms with van der Waals surface area (Å²) in [5, 5.41) is 15.3. The normalized spacial score (nSPS) is 11.8. The Morgan fingerprint density at radius 2 is 2.06 bits per heavy atom. The molecular formula is C21H23ClFN5O2S. The Labute approximate surface area is 189 Å². The van der Waals surface area contributed by atoms with Crippen molar-refractivity contribution in [2.45, 2.75) is 31.6 Å². The van der Waals surface area contributed by atoms with Gasteiger partial charge in [0.05, 0.1) is 29.6 Å². The zero-order chi connectivity index (χ0) is 22.4. The highest BCUT2D eigenvalue weighted by Crippen LogP contribution is 2.28. The molecule has 0 fully saturated rings. The van der Waals surface area contributed by atoms with E-state index in [1.807, 2.05) is 42.7 Å². The van der Waals surface area contributed by atoms with E-state index in [1.54, 1.807) is 7.11 Å². The van der Waals surface area contributed by atoms with Crippen LogP contribution in [0.2, 0.25) is 5.02 Å². The molecule has 10 heteroatoms. The van der Waals surface area contributed by atoms with Gasteiger partial charge in [0.15, 0.2) is 11.0 Å². The van der Waals surface area contributed by atoms with Crippen LogP contribution in [-0.2, 0) is 11.3 Å². The SMILES string of the molecule is CCn1c(SCC(=O)Nc2ccc(F)c(Cl)c2)nnc1[C@H](C)Nc1ccccc1OC. The Morgan fingerprint density at radius 3 is 2.77 bits per heavy atom. The van der Waals surface area contributed by atoms with Crippen molar-refractivity contribution in [2.24, 2.45) is 0 Å². The first-order valence-corrected chi connectivity index (χ1v) is 11.0. The maximum atomic E-state index is 13.3. The number of rotatable bonds is 9. The van der Waals surface area contributed by atoms with Gasteiger partial charge in [0.2, 0.25) is 5.91 Å².